The van der Waals surface area contributed by atoms with Gasteiger partial charge in [-0.05, 0) is 50.6 Å². The van der Waals surface area contributed by atoms with Gasteiger partial charge in [0.25, 0.3) is 0 Å². The molecule has 0 radical (unpaired) electrons. The quantitative estimate of drug-likeness (QED) is 0.726. The number of carbonyl (C=O) groups excluding carboxylic acids is 1. The molecule has 0 unspecified atom stereocenters. The van der Waals surface area contributed by atoms with E-state index in [1.807, 2.05) is 31.2 Å². The first-order valence-electron chi connectivity index (χ1n) is 10.00. The maximum Gasteiger partial charge on any atom is 0.245 e. The average molecular weight is 416 g/mol. The van der Waals surface area contributed by atoms with Crippen molar-refractivity contribution >= 4 is 21.6 Å². The Kier molecular flexibility index (Phi) is 6.29. The minimum Gasteiger partial charge on any atom is -0.372 e. The topological polar surface area (TPSA) is 60.9 Å². The minimum atomic E-state index is -3.73. The fraction of sp³-hybridized carbons (Fsp3) is 0.409. The smallest absolute Gasteiger partial charge is 0.245 e. The molecule has 0 aromatic heterocycles. The van der Waals surface area contributed by atoms with Crippen molar-refractivity contribution in [1.82, 2.24) is 9.21 Å². The molecule has 0 N–H and O–H groups in total. The average Bonchev–Trinajstić information content (AvgIpc) is 3.16. The standard InChI is InChI=1S/C22H29N3O3S/c1-5-23(6-2)20-11-9-19(10-12-20)22-24(18(4)26)15-16-25(22)29(27,28)21-13-7-17(3)8-14-21/h7-14,22H,5-6,15-16H2,1-4H3/t22-/m1/s1. The van der Waals surface area contributed by atoms with E-state index in [2.05, 4.69) is 18.7 Å². The predicted octanol–water partition coefficient (Wildman–Crippen LogP) is 3.39. The highest BCUT2D eigenvalue weighted by molar-refractivity contribution is 7.89. The van der Waals surface area contributed by atoms with Crippen LogP contribution in [-0.2, 0) is 14.8 Å². The number of carbonyl (C=O) groups is 1. The molecule has 0 saturated carbocycles. The molecule has 156 valence electrons. The molecule has 0 bridgehead atoms. The van der Waals surface area contributed by atoms with Crippen LogP contribution in [0.1, 0.15) is 38.1 Å². The third-order valence-corrected chi connectivity index (χ3v) is 7.35. The Morgan fingerprint density at radius 2 is 1.59 bits per heavy atom. The van der Waals surface area contributed by atoms with Gasteiger partial charge in [-0.3, -0.25) is 4.79 Å². The zero-order valence-corrected chi connectivity index (χ0v) is 18.3. The van der Waals surface area contributed by atoms with Crippen LogP contribution < -0.4 is 4.90 Å². The van der Waals surface area contributed by atoms with E-state index in [0.29, 0.717) is 6.54 Å². The lowest BCUT2D eigenvalue weighted by atomic mass is 10.1. The Balaban J connectivity index is 2.00. The van der Waals surface area contributed by atoms with Gasteiger partial charge in [-0.15, -0.1) is 0 Å². The second-order valence-electron chi connectivity index (χ2n) is 7.28. The van der Waals surface area contributed by atoms with Crippen molar-refractivity contribution in [3.8, 4) is 0 Å². The van der Waals surface area contributed by atoms with E-state index in [0.717, 1.165) is 29.9 Å². The molecule has 1 heterocycles. The van der Waals surface area contributed by atoms with Crippen LogP contribution in [0.2, 0.25) is 0 Å². The van der Waals surface area contributed by atoms with Gasteiger partial charge in [0, 0.05) is 38.8 Å². The van der Waals surface area contributed by atoms with Crippen LogP contribution in [0.15, 0.2) is 53.4 Å². The largest absolute Gasteiger partial charge is 0.372 e. The molecular formula is C22H29N3O3S. The van der Waals surface area contributed by atoms with Crippen LogP contribution in [0.4, 0.5) is 5.69 Å². The molecule has 0 spiro atoms. The van der Waals surface area contributed by atoms with E-state index in [1.54, 1.807) is 29.2 Å². The molecule has 2 aromatic carbocycles. The Hall–Kier alpha value is -2.38. The van der Waals surface area contributed by atoms with E-state index in [4.69, 9.17) is 0 Å². The first-order valence-corrected chi connectivity index (χ1v) is 11.4. The molecule has 1 amide bonds. The molecule has 3 rings (SSSR count). The van der Waals surface area contributed by atoms with E-state index >= 15 is 0 Å². The Morgan fingerprint density at radius 3 is 2.10 bits per heavy atom. The number of sulfonamides is 1. The molecule has 1 aliphatic heterocycles. The van der Waals surface area contributed by atoms with Crippen LogP contribution >= 0.6 is 0 Å². The highest BCUT2D eigenvalue weighted by Crippen LogP contribution is 2.35. The summed E-state index contributed by atoms with van der Waals surface area (Å²) in [5, 5.41) is 0. The molecule has 1 saturated heterocycles. The highest BCUT2D eigenvalue weighted by Gasteiger charge is 2.42. The summed E-state index contributed by atoms with van der Waals surface area (Å²) in [6, 6.07) is 14.7. The second kappa shape index (κ2) is 8.55. The van der Waals surface area contributed by atoms with Crippen molar-refractivity contribution in [3.63, 3.8) is 0 Å². The van der Waals surface area contributed by atoms with Crippen molar-refractivity contribution in [3.05, 3.63) is 59.7 Å². The zero-order valence-electron chi connectivity index (χ0n) is 17.5. The number of hydrogen-bond donors (Lipinski definition) is 0. The van der Waals surface area contributed by atoms with Crippen LogP contribution in [0.5, 0.6) is 0 Å². The van der Waals surface area contributed by atoms with Crippen molar-refractivity contribution in [1.29, 1.82) is 0 Å². The number of aryl methyl sites for hydroxylation is 1. The van der Waals surface area contributed by atoms with Gasteiger partial charge in [-0.2, -0.15) is 4.31 Å². The summed E-state index contributed by atoms with van der Waals surface area (Å²) in [7, 11) is -3.73. The van der Waals surface area contributed by atoms with Crippen LogP contribution in [-0.4, -0.2) is 49.7 Å². The maximum atomic E-state index is 13.3. The van der Waals surface area contributed by atoms with E-state index in [1.165, 1.54) is 11.2 Å². The normalized spacial score (nSPS) is 17.5. The summed E-state index contributed by atoms with van der Waals surface area (Å²) in [5.41, 5.74) is 2.88. The van der Waals surface area contributed by atoms with E-state index in [9.17, 15) is 13.2 Å². The summed E-state index contributed by atoms with van der Waals surface area (Å²) in [5.74, 6) is -0.135. The predicted molar refractivity (Wildman–Crippen MR) is 115 cm³/mol. The molecule has 29 heavy (non-hydrogen) atoms. The lowest BCUT2D eigenvalue weighted by Gasteiger charge is -2.30. The molecule has 1 atom stereocenters. The van der Waals surface area contributed by atoms with Crippen molar-refractivity contribution < 1.29 is 13.2 Å². The minimum absolute atomic E-state index is 0.135. The highest BCUT2D eigenvalue weighted by atomic mass is 32.2. The summed E-state index contributed by atoms with van der Waals surface area (Å²) in [6.45, 7) is 10.0. The first kappa shape index (κ1) is 21.3. The molecular weight excluding hydrogens is 386 g/mol. The molecule has 0 aliphatic carbocycles. The number of rotatable bonds is 6. The Labute approximate surface area is 173 Å². The third-order valence-electron chi connectivity index (χ3n) is 5.48. The summed E-state index contributed by atoms with van der Waals surface area (Å²) >= 11 is 0. The van der Waals surface area contributed by atoms with E-state index < -0.39 is 16.2 Å². The monoisotopic (exact) mass is 415 g/mol. The van der Waals surface area contributed by atoms with Crippen molar-refractivity contribution in [2.75, 3.05) is 31.1 Å². The first-order chi connectivity index (χ1) is 13.8. The molecule has 2 aromatic rings. The van der Waals surface area contributed by atoms with Gasteiger partial charge in [0.05, 0.1) is 4.90 Å². The summed E-state index contributed by atoms with van der Waals surface area (Å²) in [4.78, 5) is 16.3. The van der Waals surface area contributed by atoms with Gasteiger partial charge in [0.1, 0.15) is 6.17 Å². The van der Waals surface area contributed by atoms with Crippen molar-refractivity contribution in [2.45, 2.75) is 38.8 Å². The van der Waals surface area contributed by atoms with Gasteiger partial charge in [-0.25, -0.2) is 8.42 Å². The van der Waals surface area contributed by atoms with E-state index in [-0.39, 0.29) is 17.3 Å². The number of hydrogen-bond acceptors (Lipinski definition) is 4. The van der Waals surface area contributed by atoms with Gasteiger partial charge >= 0.3 is 0 Å². The number of amides is 1. The van der Waals surface area contributed by atoms with Crippen LogP contribution in [0, 0.1) is 6.92 Å². The molecule has 7 heteroatoms. The maximum absolute atomic E-state index is 13.3. The van der Waals surface area contributed by atoms with Crippen LogP contribution in [0.3, 0.4) is 0 Å². The molecule has 1 fully saturated rings. The number of benzene rings is 2. The SMILES string of the molecule is CCN(CC)c1ccc([C@@H]2N(C(C)=O)CCN2S(=O)(=O)c2ccc(C)cc2)cc1. The second-order valence-corrected chi connectivity index (χ2v) is 9.17. The Morgan fingerprint density at radius 1 is 1.00 bits per heavy atom. The lowest BCUT2D eigenvalue weighted by molar-refractivity contribution is -0.130. The fourth-order valence-corrected chi connectivity index (χ4v) is 5.40. The van der Waals surface area contributed by atoms with Gasteiger partial charge in [0.2, 0.25) is 15.9 Å². The fourth-order valence-electron chi connectivity index (χ4n) is 3.83. The summed E-state index contributed by atoms with van der Waals surface area (Å²) < 4.78 is 28.1. The lowest BCUT2D eigenvalue weighted by Crippen LogP contribution is -2.37. The molecule has 6 nitrogen and oxygen atoms in total. The van der Waals surface area contributed by atoms with Gasteiger partial charge < -0.3 is 9.80 Å². The Bertz CT molecular complexity index is 952. The van der Waals surface area contributed by atoms with Gasteiger partial charge in [0.15, 0.2) is 0 Å². The van der Waals surface area contributed by atoms with Crippen LogP contribution in [0.25, 0.3) is 0 Å². The van der Waals surface area contributed by atoms with Gasteiger partial charge in [-0.1, -0.05) is 29.8 Å². The third kappa shape index (κ3) is 4.16. The summed E-state index contributed by atoms with van der Waals surface area (Å²) in [6.07, 6.45) is -0.635. The molecule has 1 aliphatic rings. The van der Waals surface area contributed by atoms with Crippen molar-refractivity contribution in [2.24, 2.45) is 0 Å². The number of nitrogens with zero attached hydrogens (tertiary/aromatic N) is 3. The number of anilines is 1. The zero-order chi connectivity index (χ0) is 21.2.